The smallest absolute Gasteiger partial charge is 0.242 e. The molecule has 2 aliphatic rings. The molecule has 1 atom stereocenters. The Morgan fingerprint density at radius 1 is 1.04 bits per heavy atom. The van der Waals surface area contributed by atoms with Crippen molar-refractivity contribution < 1.29 is 9.59 Å². The molecule has 1 fully saturated rings. The number of amides is 1. The second-order valence-corrected chi connectivity index (χ2v) is 7.03. The Morgan fingerprint density at radius 3 is 2.46 bits per heavy atom. The van der Waals surface area contributed by atoms with E-state index in [0.29, 0.717) is 10.6 Å². The van der Waals surface area contributed by atoms with Crippen LogP contribution in [0.2, 0.25) is 5.02 Å². The van der Waals surface area contributed by atoms with E-state index in [1.807, 2.05) is 24.3 Å². The number of anilines is 1. The lowest BCUT2D eigenvalue weighted by atomic mass is 9.84. The minimum absolute atomic E-state index is 0.0297. The molecule has 2 aromatic rings. The summed E-state index contributed by atoms with van der Waals surface area (Å²) in [6.07, 6.45) is 0.183. The number of para-hydroxylation sites is 1. The maximum atomic E-state index is 13.1. The third-order valence-corrected chi connectivity index (χ3v) is 5.23. The summed E-state index contributed by atoms with van der Waals surface area (Å²) in [5.41, 5.74) is 2.31. The number of benzene rings is 2. The number of fused-ring (bicyclic) bond motifs is 1. The number of nitrogens with zero attached hydrogens (tertiary/aromatic N) is 2. The van der Waals surface area contributed by atoms with Gasteiger partial charge in [-0.25, -0.2) is 10.0 Å². The van der Waals surface area contributed by atoms with Crippen LogP contribution in [0.25, 0.3) is 0 Å². The maximum absolute atomic E-state index is 13.1. The predicted octanol–water partition coefficient (Wildman–Crippen LogP) is 2.86. The number of hydrazine groups is 1. The fourth-order valence-corrected chi connectivity index (χ4v) is 3.82. The number of nitrogens with one attached hydrogen (secondary N) is 1. The van der Waals surface area contributed by atoms with Gasteiger partial charge in [-0.2, -0.15) is 0 Å². The molecule has 2 heterocycles. The third kappa shape index (κ3) is 3.14. The molecule has 0 bridgehead atoms. The summed E-state index contributed by atoms with van der Waals surface area (Å²) in [6.45, 7) is 3.24. The van der Waals surface area contributed by atoms with E-state index in [9.17, 15) is 9.59 Å². The van der Waals surface area contributed by atoms with Crippen LogP contribution in [-0.4, -0.2) is 42.9 Å². The van der Waals surface area contributed by atoms with E-state index in [-0.39, 0.29) is 18.1 Å². The minimum atomic E-state index is -0.459. The van der Waals surface area contributed by atoms with Crippen LogP contribution in [0.15, 0.2) is 48.5 Å². The number of halogens is 1. The second-order valence-electron chi connectivity index (χ2n) is 6.60. The Hall–Kier alpha value is -2.21. The molecule has 1 saturated heterocycles. The summed E-state index contributed by atoms with van der Waals surface area (Å²) >= 11 is 5.93. The van der Waals surface area contributed by atoms with Gasteiger partial charge < -0.3 is 5.32 Å². The highest BCUT2D eigenvalue weighted by atomic mass is 35.5. The van der Waals surface area contributed by atoms with E-state index in [1.165, 1.54) is 0 Å². The molecule has 26 heavy (non-hydrogen) atoms. The monoisotopic (exact) mass is 369 g/mol. The number of Topliss-reactive ketones (excluding diaryl/α,β-unsaturated/α-hetero) is 1. The molecule has 5 nitrogen and oxygen atoms in total. The summed E-state index contributed by atoms with van der Waals surface area (Å²) in [5, 5.41) is 7.73. The van der Waals surface area contributed by atoms with Crippen molar-refractivity contribution in [2.45, 2.75) is 12.3 Å². The first-order valence-electron chi connectivity index (χ1n) is 8.82. The Kier molecular flexibility index (Phi) is 4.76. The van der Waals surface area contributed by atoms with Gasteiger partial charge in [-0.1, -0.05) is 29.8 Å². The van der Waals surface area contributed by atoms with Crippen LogP contribution in [0.3, 0.4) is 0 Å². The first-order valence-corrected chi connectivity index (χ1v) is 9.20. The lowest BCUT2D eigenvalue weighted by Crippen LogP contribution is -2.56. The normalized spacial score (nSPS) is 20.7. The summed E-state index contributed by atoms with van der Waals surface area (Å²) < 4.78 is 0. The van der Waals surface area contributed by atoms with Crippen molar-refractivity contribution in [3.05, 3.63) is 64.7 Å². The standard InChI is InChI=1S/C20H20ClN3O2/c21-15-7-5-14(6-8-15)20(26)17-13-19(25)24(23-11-9-22-10-12-23)18-4-2-1-3-16(17)18/h1-8,17,22H,9-13H2. The molecule has 0 spiro atoms. The van der Waals surface area contributed by atoms with E-state index < -0.39 is 5.92 Å². The van der Waals surface area contributed by atoms with Crippen molar-refractivity contribution in [3.8, 4) is 0 Å². The number of rotatable bonds is 3. The van der Waals surface area contributed by atoms with E-state index in [4.69, 9.17) is 11.6 Å². The van der Waals surface area contributed by atoms with E-state index in [2.05, 4.69) is 10.3 Å². The molecule has 0 radical (unpaired) electrons. The summed E-state index contributed by atoms with van der Waals surface area (Å²) in [4.78, 5) is 26.0. The molecule has 134 valence electrons. The highest BCUT2D eigenvalue weighted by Crippen LogP contribution is 2.38. The first-order chi connectivity index (χ1) is 12.6. The molecule has 0 aromatic heterocycles. The van der Waals surface area contributed by atoms with Crippen molar-refractivity contribution in [2.75, 3.05) is 31.2 Å². The molecule has 1 N–H and O–H groups in total. The molecule has 2 aromatic carbocycles. The Bertz CT molecular complexity index is 831. The van der Waals surface area contributed by atoms with Crippen molar-refractivity contribution in [1.29, 1.82) is 0 Å². The van der Waals surface area contributed by atoms with Gasteiger partial charge in [-0.05, 0) is 35.9 Å². The highest BCUT2D eigenvalue weighted by Gasteiger charge is 2.38. The van der Waals surface area contributed by atoms with Gasteiger partial charge in [-0.15, -0.1) is 0 Å². The summed E-state index contributed by atoms with van der Waals surface area (Å²) in [5.74, 6) is -0.528. The van der Waals surface area contributed by atoms with Gasteiger partial charge in [0.25, 0.3) is 0 Å². The zero-order valence-electron chi connectivity index (χ0n) is 14.3. The number of carbonyl (C=O) groups is 2. The van der Waals surface area contributed by atoms with Crippen molar-refractivity contribution >= 4 is 29.0 Å². The van der Waals surface area contributed by atoms with Gasteiger partial charge in [0, 0.05) is 43.2 Å². The van der Waals surface area contributed by atoms with Crippen LogP contribution >= 0.6 is 11.6 Å². The van der Waals surface area contributed by atoms with Crippen LogP contribution in [-0.2, 0) is 4.79 Å². The van der Waals surface area contributed by atoms with Gasteiger partial charge >= 0.3 is 0 Å². The van der Waals surface area contributed by atoms with Gasteiger partial charge in [0.1, 0.15) is 0 Å². The fourth-order valence-electron chi connectivity index (χ4n) is 3.69. The third-order valence-electron chi connectivity index (χ3n) is 4.98. The van der Waals surface area contributed by atoms with Crippen LogP contribution in [0.5, 0.6) is 0 Å². The molecule has 6 heteroatoms. The predicted molar refractivity (Wildman–Crippen MR) is 102 cm³/mol. The molecular formula is C20H20ClN3O2. The number of hydrogen-bond donors (Lipinski definition) is 1. The van der Waals surface area contributed by atoms with E-state index >= 15 is 0 Å². The van der Waals surface area contributed by atoms with Crippen LogP contribution in [0.4, 0.5) is 5.69 Å². The highest BCUT2D eigenvalue weighted by molar-refractivity contribution is 6.30. The molecule has 2 aliphatic heterocycles. The van der Waals surface area contributed by atoms with Gasteiger partial charge in [0.05, 0.1) is 11.6 Å². The molecule has 4 rings (SSSR count). The van der Waals surface area contributed by atoms with Crippen LogP contribution < -0.4 is 10.3 Å². The minimum Gasteiger partial charge on any atom is -0.314 e. The molecule has 1 amide bonds. The van der Waals surface area contributed by atoms with Crippen molar-refractivity contribution in [1.82, 2.24) is 10.3 Å². The van der Waals surface area contributed by atoms with Crippen molar-refractivity contribution in [3.63, 3.8) is 0 Å². The largest absolute Gasteiger partial charge is 0.314 e. The van der Waals surface area contributed by atoms with Gasteiger partial charge in [0.2, 0.25) is 5.91 Å². The summed E-state index contributed by atoms with van der Waals surface area (Å²) in [7, 11) is 0. The average Bonchev–Trinajstić information content (AvgIpc) is 2.68. The lowest BCUT2D eigenvalue weighted by molar-refractivity contribution is -0.122. The summed E-state index contributed by atoms with van der Waals surface area (Å²) in [6, 6.07) is 14.6. The second kappa shape index (κ2) is 7.19. The van der Waals surface area contributed by atoms with Crippen LogP contribution in [0.1, 0.15) is 28.3 Å². The molecule has 0 saturated carbocycles. The number of ketones is 1. The molecular weight excluding hydrogens is 350 g/mol. The number of carbonyl (C=O) groups excluding carboxylic acids is 2. The average molecular weight is 370 g/mol. The van der Waals surface area contributed by atoms with Gasteiger partial charge in [0.15, 0.2) is 5.78 Å². The number of piperazine rings is 1. The fraction of sp³-hybridized carbons (Fsp3) is 0.300. The zero-order valence-corrected chi connectivity index (χ0v) is 15.1. The Morgan fingerprint density at radius 2 is 1.73 bits per heavy atom. The first kappa shape index (κ1) is 17.2. The SMILES string of the molecule is O=C(c1ccc(Cl)cc1)C1CC(=O)N(N2CCNCC2)c2ccccc21. The van der Waals surface area contributed by atoms with Crippen molar-refractivity contribution in [2.24, 2.45) is 0 Å². The lowest BCUT2D eigenvalue weighted by Gasteiger charge is -2.42. The van der Waals surface area contributed by atoms with Gasteiger partial charge in [-0.3, -0.25) is 9.59 Å². The maximum Gasteiger partial charge on any atom is 0.242 e. The Labute approximate surface area is 157 Å². The van der Waals surface area contributed by atoms with Crippen LogP contribution in [0, 0.1) is 0 Å². The molecule has 0 aliphatic carbocycles. The topological polar surface area (TPSA) is 52.7 Å². The quantitative estimate of drug-likeness (QED) is 0.845. The Balaban J connectivity index is 1.70. The zero-order chi connectivity index (χ0) is 18.1. The van der Waals surface area contributed by atoms with E-state index in [1.54, 1.807) is 29.3 Å². The molecule has 1 unspecified atom stereocenters. The number of hydrogen-bond acceptors (Lipinski definition) is 4. The van der Waals surface area contributed by atoms with E-state index in [0.717, 1.165) is 37.4 Å².